The highest BCUT2D eigenvalue weighted by atomic mass is 79.9. The first-order valence-corrected chi connectivity index (χ1v) is 7.58. The molecule has 2 unspecified atom stereocenters. The Morgan fingerprint density at radius 1 is 1.37 bits per heavy atom. The van der Waals surface area contributed by atoms with Crippen LogP contribution in [0.2, 0.25) is 0 Å². The van der Waals surface area contributed by atoms with Gasteiger partial charge >= 0.3 is 0 Å². The van der Waals surface area contributed by atoms with Crippen molar-refractivity contribution < 1.29 is 4.79 Å². The zero-order chi connectivity index (χ0) is 14.0. The molecule has 2 rings (SSSR count). The van der Waals surface area contributed by atoms with Crippen molar-refractivity contribution >= 4 is 21.8 Å². The van der Waals surface area contributed by atoms with Gasteiger partial charge in [-0.3, -0.25) is 4.79 Å². The predicted molar refractivity (Wildman–Crippen MR) is 80.7 cm³/mol. The van der Waals surface area contributed by atoms with E-state index in [2.05, 4.69) is 22.9 Å². The van der Waals surface area contributed by atoms with E-state index in [4.69, 9.17) is 5.73 Å². The van der Waals surface area contributed by atoms with Gasteiger partial charge < -0.3 is 10.6 Å². The molecule has 0 radical (unpaired) electrons. The molecular formula is C15H21BrN2O. The van der Waals surface area contributed by atoms with E-state index in [1.807, 2.05) is 29.2 Å². The van der Waals surface area contributed by atoms with Gasteiger partial charge in [-0.2, -0.15) is 0 Å². The fraction of sp³-hybridized carbons (Fsp3) is 0.533. The van der Waals surface area contributed by atoms with Crippen LogP contribution in [0, 0.1) is 0 Å². The van der Waals surface area contributed by atoms with Crippen LogP contribution in [0.5, 0.6) is 0 Å². The molecule has 0 aliphatic carbocycles. The van der Waals surface area contributed by atoms with Crippen molar-refractivity contribution in [1.29, 1.82) is 0 Å². The third kappa shape index (κ3) is 3.00. The third-order valence-electron chi connectivity index (χ3n) is 3.95. The number of likely N-dealkylation sites (tertiary alicyclic amines) is 1. The second kappa shape index (κ2) is 5.63. The Balaban J connectivity index is 2.22. The molecule has 0 bridgehead atoms. The molecule has 104 valence electrons. The summed E-state index contributed by atoms with van der Waals surface area (Å²) in [6.07, 6.45) is 3.35. The largest absolute Gasteiger partial charge is 0.338 e. The topological polar surface area (TPSA) is 46.3 Å². The highest BCUT2D eigenvalue weighted by molar-refractivity contribution is 9.10. The fourth-order valence-corrected chi connectivity index (χ4v) is 2.88. The Morgan fingerprint density at radius 3 is 2.58 bits per heavy atom. The number of nitrogens with two attached hydrogens (primary N) is 1. The van der Waals surface area contributed by atoms with Crippen LogP contribution in [0.25, 0.3) is 0 Å². The minimum absolute atomic E-state index is 0.0297. The summed E-state index contributed by atoms with van der Waals surface area (Å²) in [5.74, 6) is 0.0297. The summed E-state index contributed by atoms with van der Waals surface area (Å²) >= 11 is 3.40. The van der Waals surface area contributed by atoms with Gasteiger partial charge in [-0.25, -0.2) is 0 Å². The summed E-state index contributed by atoms with van der Waals surface area (Å²) in [6, 6.07) is 7.97. The van der Waals surface area contributed by atoms with E-state index in [9.17, 15) is 4.79 Å². The summed E-state index contributed by atoms with van der Waals surface area (Å²) in [5.41, 5.74) is 6.23. The average Bonchev–Trinajstić information content (AvgIpc) is 2.39. The lowest BCUT2D eigenvalue weighted by atomic mass is 9.90. The first kappa shape index (κ1) is 14.5. The van der Waals surface area contributed by atoms with E-state index >= 15 is 0 Å². The zero-order valence-corrected chi connectivity index (χ0v) is 13.1. The number of carbonyl (C=O) groups is 1. The normalized spacial score (nSPS) is 22.9. The zero-order valence-electron chi connectivity index (χ0n) is 11.5. The Hall–Kier alpha value is -0.870. The Kier molecular flexibility index (Phi) is 4.31. The lowest BCUT2D eigenvalue weighted by Gasteiger charge is -2.38. The van der Waals surface area contributed by atoms with Crippen LogP contribution >= 0.6 is 15.9 Å². The molecule has 4 heteroatoms. The molecule has 1 aliphatic rings. The second-order valence-electron chi connectivity index (χ2n) is 5.55. The number of hydrogen-bond donors (Lipinski definition) is 1. The van der Waals surface area contributed by atoms with Crippen LogP contribution in [0.4, 0.5) is 0 Å². The predicted octanol–water partition coefficient (Wildman–Crippen LogP) is 3.02. The number of rotatable bonds is 2. The van der Waals surface area contributed by atoms with E-state index in [1.54, 1.807) is 6.92 Å². The number of piperidine rings is 1. The number of amides is 1. The maximum absolute atomic E-state index is 12.7. The van der Waals surface area contributed by atoms with Gasteiger partial charge in [0.25, 0.3) is 0 Å². The molecule has 1 aromatic carbocycles. The van der Waals surface area contributed by atoms with E-state index in [1.165, 1.54) is 6.42 Å². The van der Waals surface area contributed by atoms with E-state index in [-0.39, 0.29) is 5.91 Å². The second-order valence-corrected chi connectivity index (χ2v) is 6.47. The SMILES string of the molecule is CC1CCCCN1C(=O)C(C)(N)c1ccc(Br)cc1. The number of nitrogens with zero attached hydrogens (tertiary/aromatic N) is 1. The molecule has 1 aliphatic heterocycles. The van der Waals surface area contributed by atoms with Gasteiger partial charge in [0, 0.05) is 17.1 Å². The molecule has 1 amide bonds. The first-order valence-electron chi connectivity index (χ1n) is 6.79. The maximum atomic E-state index is 12.7. The quantitative estimate of drug-likeness (QED) is 0.908. The van der Waals surface area contributed by atoms with Crippen LogP contribution in [-0.4, -0.2) is 23.4 Å². The van der Waals surface area contributed by atoms with Crippen molar-refractivity contribution in [1.82, 2.24) is 4.90 Å². The van der Waals surface area contributed by atoms with Crippen molar-refractivity contribution in [2.24, 2.45) is 5.73 Å². The molecular weight excluding hydrogens is 304 g/mol. The molecule has 1 aromatic rings. The monoisotopic (exact) mass is 324 g/mol. The van der Waals surface area contributed by atoms with Crippen LogP contribution in [0.15, 0.2) is 28.7 Å². The van der Waals surface area contributed by atoms with Gasteiger partial charge in [0.1, 0.15) is 5.54 Å². The molecule has 2 atom stereocenters. The van der Waals surface area contributed by atoms with Crippen molar-refractivity contribution in [2.45, 2.75) is 44.7 Å². The lowest BCUT2D eigenvalue weighted by Crippen LogP contribution is -2.54. The van der Waals surface area contributed by atoms with Gasteiger partial charge in [0.05, 0.1) is 0 Å². The smallest absolute Gasteiger partial charge is 0.247 e. The van der Waals surface area contributed by atoms with Crippen molar-refractivity contribution in [3.05, 3.63) is 34.3 Å². The van der Waals surface area contributed by atoms with Gasteiger partial charge in [0.2, 0.25) is 5.91 Å². The molecule has 19 heavy (non-hydrogen) atoms. The lowest BCUT2D eigenvalue weighted by molar-refractivity contribution is -0.140. The van der Waals surface area contributed by atoms with Crippen LogP contribution in [0.3, 0.4) is 0 Å². The van der Waals surface area contributed by atoms with E-state index < -0.39 is 5.54 Å². The summed E-state index contributed by atoms with van der Waals surface area (Å²) < 4.78 is 0.992. The standard InChI is InChI=1S/C15H21BrN2O/c1-11-5-3-4-10-18(11)14(19)15(2,17)12-6-8-13(16)9-7-12/h6-9,11H,3-5,10,17H2,1-2H3. The molecule has 1 saturated heterocycles. The summed E-state index contributed by atoms with van der Waals surface area (Å²) in [5, 5.41) is 0. The maximum Gasteiger partial charge on any atom is 0.247 e. The molecule has 1 fully saturated rings. The summed E-state index contributed by atoms with van der Waals surface area (Å²) in [4.78, 5) is 14.6. The van der Waals surface area contributed by atoms with Crippen molar-refractivity contribution in [2.75, 3.05) is 6.54 Å². The van der Waals surface area contributed by atoms with Crippen LogP contribution < -0.4 is 5.73 Å². The highest BCUT2D eigenvalue weighted by Crippen LogP contribution is 2.26. The molecule has 1 heterocycles. The van der Waals surface area contributed by atoms with Crippen molar-refractivity contribution in [3.8, 4) is 0 Å². The number of carbonyl (C=O) groups excluding carboxylic acids is 1. The van der Waals surface area contributed by atoms with E-state index in [0.717, 1.165) is 29.4 Å². The van der Waals surface area contributed by atoms with Crippen molar-refractivity contribution in [3.63, 3.8) is 0 Å². The van der Waals surface area contributed by atoms with E-state index in [0.29, 0.717) is 6.04 Å². The third-order valence-corrected chi connectivity index (χ3v) is 4.48. The summed E-state index contributed by atoms with van der Waals surface area (Å²) in [7, 11) is 0. The van der Waals surface area contributed by atoms with Gasteiger partial charge in [-0.15, -0.1) is 0 Å². The Morgan fingerprint density at radius 2 is 2.00 bits per heavy atom. The van der Waals surface area contributed by atoms with Gasteiger partial charge in [-0.1, -0.05) is 28.1 Å². The van der Waals surface area contributed by atoms with Gasteiger partial charge in [0.15, 0.2) is 0 Å². The first-order chi connectivity index (χ1) is 8.93. The van der Waals surface area contributed by atoms with Gasteiger partial charge in [-0.05, 0) is 50.8 Å². The number of hydrogen-bond acceptors (Lipinski definition) is 2. The Labute approximate surface area is 123 Å². The number of benzene rings is 1. The molecule has 0 spiro atoms. The minimum Gasteiger partial charge on any atom is -0.338 e. The molecule has 3 nitrogen and oxygen atoms in total. The average molecular weight is 325 g/mol. The molecule has 0 aromatic heterocycles. The summed E-state index contributed by atoms with van der Waals surface area (Å²) in [6.45, 7) is 4.73. The molecule has 0 saturated carbocycles. The highest BCUT2D eigenvalue weighted by Gasteiger charge is 2.37. The van der Waals surface area contributed by atoms with Crippen LogP contribution in [-0.2, 0) is 10.3 Å². The Bertz CT molecular complexity index is 456. The molecule has 2 N–H and O–H groups in total. The van der Waals surface area contributed by atoms with Crippen LogP contribution in [0.1, 0.15) is 38.7 Å². The minimum atomic E-state index is -0.952. The number of halogens is 1. The fourth-order valence-electron chi connectivity index (χ4n) is 2.62.